The zero-order valence-electron chi connectivity index (χ0n) is 12.9. The minimum atomic E-state index is -0.114. The SMILES string of the molecule is COc1cc(CCc2ccc(O)c(O)c2)cc(OC)c1OC. The van der Waals surface area contributed by atoms with Crippen molar-refractivity contribution >= 4 is 0 Å². The third-order valence-corrected chi connectivity index (χ3v) is 3.47. The summed E-state index contributed by atoms with van der Waals surface area (Å²) in [5.74, 6) is 1.57. The molecule has 2 aromatic rings. The monoisotopic (exact) mass is 304 g/mol. The van der Waals surface area contributed by atoms with E-state index in [1.807, 2.05) is 12.1 Å². The molecule has 118 valence electrons. The van der Waals surface area contributed by atoms with Gasteiger partial charge in [-0.15, -0.1) is 0 Å². The van der Waals surface area contributed by atoms with Crippen LogP contribution in [0.5, 0.6) is 28.7 Å². The van der Waals surface area contributed by atoms with E-state index >= 15 is 0 Å². The predicted molar refractivity (Wildman–Crippen MR) is 83.3 cm³/mol. The molecular weight excluding hydrogens is 284 g/mol. The Morgan fingerprint density at radius 1 is 0.727 bits per heavy atom. The molecule has 22 heavy (non-hydrogen) atoms. The van der Waals surface area contributed by atoms with Gasteiger partial charge in [0, 0.05) is 0 Å². The third kappa shape index (κ3) is 3.36. The maximum Gasteiger partial charge on any atom is 0.203 e. The van der Waals surface area contributed by atoms with Crippen LogP contribution in [0.1, 0.15) is 11.1 Å². The minimum absolute atomic E-state index is 0.109. The second-order valence-corrected chi connectivity index (χ2v) is 4.86. The van der Waals surface area contributed by atoms with Gasteiger partial charge in [-0.2, -0.15) is 0 Å². The highest BCUT2D eigenvalue weighted by Crippen LogP contribution is 2.38. The van der Waals surface area contributed by atoms with E-state index < -0.39 is 0 Å². The number of ether oxygens (including phenoxy) is 3. The molecule has 0 heterocycles. The zero-order chi connectivity index (χ0) is 16.1. The highest BCUT2D eigenvalue weighted by atomic mass is 16.5. The Bertz CT molecular complexity index is 626. The van der Waals surface area contributed by atoms with Crippen LogP contribution in [-0.2, 0) is 12.8 Å². The molecule has 0 spiro atoms. The van der Waals surface area contributed by atoms with Crippen LogP contribution in [0.2, 0.25) is 0 Å². The van der Waals surface area contributed by atoms with Crippen LogP contribution < -0.4 is 14.2 Å². The van der Waals surface area contributed by atoms with Crippen molar-refractivity contribution in [2.75, 3.05) is 21.3 Å². The van der Waals surface area contributed by atoms with E-state index in [0.29, 0.717) is 23.7 Å². The van der Waals surface area contributed by atoms with E-state index in [9.17, 15) is 10.2 Å². The summed E-state index contributed by atoms with van der Waals surface area (Å²) in [6.07, 6.45) is 1.45. The van der Waals surface area contributed by atoms with Crippen molar-refractivity contribution in [2.24, 2.45) is 0 Å². The maximum atomic E-state index is 9.52. The first-order valence-corrected chi connectivity index (χ1v) is 6.88. The smallest absolute Gasteiger partial charge is 0.203 e. The van der Waals surface area contributed by atoms with E-state index in [0.717, 1.165) is 17.5 Å². The summed E-state index contributed by atoms with van der Waals surface area (Å²) >= 11 is 0. The first-order valence-electron chi connectivity index (χ1n) is 6.88. The molecule has 0 fully saturated rings. The van der Waals surface area contributed by atoms with Crippen molar-refractivity contribution in [1.29, 1.82) is 0 Å². The van der Waals surface area contributed by atoms with E-state index in [4.69, 9.17) is 14.2 Å². The lowest BCUT2D eigenvalue weighted by Gasteiger charge is -2.14. The Kier molecular flexibility index (Phi) is 4.99. The van der Waals surface area contributed by atoms with Crippen LogP contribution >= 0.6 is 0 Å². The van der Waals surface area contributed by atoms with Crippen LogP contribution in [0, 0.1) is 0 Å². The van der Waals surface area contributed by atoms with Crippen molar-refractivity contribution in [3.63, 3.8) is 0 Å². The standard InChI is InChI=1S/C17H20O5/c1-20-15-9-12(10-16(21-2)17(15)22-3)5-4-11-6-7-13(18)14(19)8-11/h6-10,18-19H,4-5H2,1-3H3. The molecule has 5 heteroatoms. The van der Waals surface area contributed by atoms with Gasteiger partial charge in [0.2, 0.25) is 5.75 Å². The average molecular weight is 304 g/mol. The van der Waals surface area contributed by atoms with E-state index in [1.54, 1.807) is 33.5 Å². The normalized spacial score (nSPS) is 10.3. The number of phenolic OH excluding ortho intramolecular Hbond substituents is 2. The van der Waals surface area contributed by atoms with Crippen molar-refractivity contribution in [2.45, 2.75) is 12.8 Å². The Morgan fingerprint density at radius 2 is 1.32 bits per heavy atom. The molecule has 0 aromatic heterocycles. The molecule has 0 aliphatic heterocycles. The van der Waals surface area contributed by atoms with Gasteiger partial charge in [0.1, 0.15) is 0 Å². The lowest BCUT2D eigenvalue weighted by atomic mass is 10.0. The van der Waals surface area contributed by atoms with Gasteiger partial charge >= 0.3 is 0 Å². The van der Waals surface area contributed by atoms with Crippen LogP contribution in [0.25, 0.3) is 0 Å². The van der Waals surface area contributed by atoms with Crippen molar-refractivity contribution in [3.8, 4) is 28.7 Å². The molecule has 0 saturated heterocycles. The second-order valence-electron chi connectivity index (χ2n) is 4.86. The average Bonchev–Trinajstić information content (AvgIpc) is 2.54. The van der Waals surface area contributed by atoms with Gasteiger partial charge in [-0.05, 0) is 48.2 Å². The largest absolute Gasteiger partial charge is 0.504 e. The maximum absolute atomic E-state index is 9.52. The summed E-state index contributed by atoms with van der Waals surface area (Å²) < 4.78 is 16.0. The summed E-state index contributed by atoms with van der Waals surface area (Å²) in [6.45, 7) is 0. The molecule has 2 N–H and O–H groups in total. The van der Waals surface area contributed by atoms with Crippen LogP contribution in [0.15, 0.2) is 30.3 Å². The van der Waals surface area contributed by atoms with E-state index in [2.05, 4.69) is 0 Å². The fourth-order valence-corrected chi connectivity index (χ4v) is 2.29. The zero-order valence-corrected chi connectivity index (χ0v) is 12.9. The number of benzene rings is 2. The molecule has 5 nitrogen and oxygen atoms in total. The van der Waals surface area contributed by atoms with Gasteiger partial charge in [-0.25, -0.2) is 0 Å². The Labute approximate surface area is 129 Å². The van der Waals surface area contributed by atoms with Gasteiger partial charge < -0.3 is 24.4 Å². The van der Waals surface area contributed by atoms with Crippen LogP contribution in [0.3, 0.4) is 0 Å². The van der Waals surface area contributed by atoms with Crippen molar-refractivity contribution < 1.29 is 24.4 Å². The number of rotatable bonds is 6. The number of aromatic hydroxyl groups is 2. The highest BCUT2D eigenvalue weighted by Gasteiger charge is 2.13. The fraction of sp³-hybridized carbons (Fsp3) is 0.294. The lowest BCUT2D eigenvalue weighted by molar-refractivity contribution is 0.324. The van der Waals surface area contributed by atoms with Gasteiger partial charge in [-0.3, -0.25) is 0 Å². The molecular formula is C17H20O5. The Morgan fingerprint density at radius 3 is 1.82 bits per heavy atom. The van der Waals surface area contributed by atoms with E-state index in [-0.39, 0.29) is 11.5 Å². The summed E-state index contributed by atoms with van der Waals surface area (Å²) in [5, 5.41) is 18.8. The number of methoxy groups -OCH3 is 3. The summed E-state index contributed by atoms with van der Waals surface area (Å²) in [4.78, 5) is 0. The molecule has 2 rings (SSSR count). The number of hydrogen-bond donors (Lipinski definition) is 2. The van der Waals surface area contributed by atoms with Gasteiger partial charge in [-0.1, -0.05) is 6.07 Å². The van der Waals surface area contributed by atoms with Crippen LogP contribution in [0.4, 0.5) is 0 Å². The quantitative estimate of drug-likeness (QED) is 0.803. The van der Waals surface area contributed by atoms with Gasteiger partial charge in [0.05, 0.1) is 21.3 Å². The molecule has 0 atom stereocenters. The summed E-state index contributed by atoms with van der Waals surface area (Å²) in [7, 11) is 4.73. The van der Waals surface area contributed by atoms with E-state index in [1.165, 1.54) is 6.07 Å². The van der Waals surface area contributed by atoms with Crippen LogP contribution in [-0.4, -0.2) is 31.5 Å². The Balaban J connectivity index is 2.20. The molecule has 0 saturated carbocycles. The second kappa shape index (κ2) is 6.93. The first-order chi connectivity index (χ1) is 10.6. The summed E-state index contributed by atoms with van der Waals surface area (Å²) in [6, 6.07) is 8.64. The molecule has 2 aromatic carbocycles. The van der Waals surface area contributed by atoms with Crippen molar-refractivity contribution in [1.82, 2.24) is 0 Å². The lowest BCUT2D eigenvalue weighted by Crippen LogP contribution is -1.98. The van der Waals surface area contributed by atoms with Gasteiger partial charge in [0.15, 0.2) is 23.0 Å². The molecule has 0 bridgehead atoms. The molecule has 0 aliphatic carbocycles. The molecule has 0 unspecified atom stereocenters. The number of phenols is 2. The number of hydrogen-bond acceptors (Lipinski definition) is 5. The number of aryl methyl sites for hydroxylation is 2. The highest BCUT2D eigenvalue weighted by molar-refractivity contribution is 5.54. The molecule has 0 amide bonds. The summed E-state index contributed by atoms with van der Waals surface area (Å²) in [5.41, 5.74) is 1.96. The molecule has 0 radical (unpaired) electrons. The minimum Gasteiger partial charge on any atom is -0.504 e. The third-order valence-electron chi connectivity index (χ3n) is 3.47. The first kappa shape index (κ1) is 15.8. The topological polar surface area (TPSA) is 68.2 Å². The fourth-order valence-electron chi connectivity index (χ4n) is 2.29. The Hall–Kier alpha value is -2.56. The predicted octanol–water partition coefficient (Wildman–Crippen LogP) is 2.91. The van der Waals surface area contributed by atoms with Gasteiger partial charge in [0.25, 0.3) is 0 Å². The molecule has 0 aliphatic rings. The van der Waals surface area contributed by atoms with Crippen molar-refractivity contribution in [3.05, 3.63) is 41.5 Å².